The van der Waals surface area contributed by atoms with E-state index in [0.717, 1.165) is 30.9 Å². The van der Waals surface area contributed by atoms with Gasteiger partial charge in [-0.2, -0.15) is 0 Å². The van der Waals surface area contributed by atoms with E-state index in [9.17, 15) is 18.0 Å². The van der Waals surface area contributed by atoms with Gasteiger partial charge >= 0.3 is 0 Å². The highest BCUT2D eigenvalue weighted by molar-refractivity contribution is 7.14. The van der Waals surface area contributed by atoms with Gasteiger partial charge in [0.25, 0.3) is 12.3 Å². The average molecular weight is 488 g/mol. The van der Waals surface area contributed by atoms with Crippen LogP contribution >= 0.6 is 11.3 Å². The predicted molar refractivity (Wildman–Crippen MR) is 120 cm³/mol. The first kappa shape index (κ1) is 22.4. The Morgan fingerprint density at radius 2 is 2.03 bits per heavy atom. The molecule has 4 aromatic rings. The molecule has 4 heterocycles. The van der Waals surface area contributed by atoms with Gasteiger partial charge in [-0.3, -0.25) is 15.0 Å². The van der Waals surface area contributed by atoms with Crippen LogP contribution in [0.1, 0.15) is 28.0 Å². The molecule has 0 radical (unpaired) electrons. The van der Waals surface area contributed by atoms with Gasteiger partial charge in [0.15, 0.2) is 16.6 Å². The molecule has 1 N–H and O–H groups in total. The second-order valence-electron chi connectivity index (χ2n) is 7.64. The molecule has 0 unspecified atom stereocenters. The van der Waals surface area contributed by atoms with Gasteiger partial charge < -0.3 is 4.74 Å². The third-order valence-electron chi connectivity index (χ3n) is 5.36. The van der Waals surface area contributed by atoms with Crippen LogP contribution in [0.3, 0.4) is 0 Å². The molecule has 1 aromatic carbocycles. The van der Waals surface area contributed by atoms with Gasteiger partial charge in [0, 0.05) is 42.3 Å². The molecule has 12 heteroatoms. The maximum atomic E-state index is 13.5. The fourth-order valence-corrected chi connectivity index (χ4v) is 4.40. The maximum absolute atomic E-state index is 13.5. The van der Waals surface area contributed by atoms with Crippen LogP contribution in [0.2, 0.25) is 0 Å². The standard InChI is InChI=1S/C22H19F3N6O2S/c23-13-3-4-15(17(10-13)18(24)25)19-27-20-16(2-1-5-31(20)29-19)21(32)28-22-26-14(12-34-22)11-30-6-8-33-9-7-30/h1-5,10,12,18H,6-9,11H2,(H,26,28,32). The quantitative estimate of drug-likeness (QED) is 0.442. The number of amides is 1. The van der Waals surface area contributed by atoms with Crippen LogP contribution < -0.4 is 5.32 Å². The largest absolute Gasteiger partial charge is 0.379 e. The number of morpholine rings is 1. The lowest BCUT2D eigenvalue weighted by Gasteiger charge is -2.25. The van der Waals surface area contributed by atoms with Crippen molar-refractivity contribution in [1.82, 2.24) is 24.5 Å². The van der Waals surface area contributed by atoms with Crippen LogP contribution in [-0.2, 0) is 11.3 Å². The molecule has 5 rings (SSSR count). The second kappa shape index (κ2) is 9.49. The summed E-state index contributed by atoms with van der Waals surface area (Å²) < 4.78 is 47.1. The van der Waals surface area contributed by atoms with Gasteiger partial charge in [0.05, 0.1) is 24.5 Å². The number of carbonyl (C=O) groups is 1. The minimum atomic E-state index is -2.91. The van der Waals surface area contributed by atoms with Crippen molar-refractivity contribution >= 4 is 28.0 Å². The zero-order chi connectivity index (χ0) is 23.7. The molecule has 0 atom stereocenters. The number of thiazole rings is 1. The number of rotatable bonds is 6. The summed E-state index contributed by atoms with van der Waals surface area (Å²) in [4.78, 5) is 24.0. The fraction of sp³-hybridized carbons (Fsp3) is 0.273. The van der Waals surface area contributed by atoms with Crippen LogP contribution in [-0.4, -0.2) is 56.7 Å². The SMILES string of the molecule is O=C(Nc1nc(CN2CCOCC2)cs1)c1cccn2nc(-c3ccc(F)cc3C(F)F)nc12. The van der Waals surface area contributed by atoms with Crippen LogP contribution in [0.25, 0.3) is 17.0 Å². The number of hydrogen-bond acceptors (Lipinski definition) is 7. The first-order chi connectivity index (χ1) is 16.5. The van der Waals surface area contributed by atoms with E-state index in [0.29, 0.717) is 24.9 Å². The summed E-state index contributed by atoms with van der Waals surface area (Å²) in [6.45, 7) is 3.71. The zero-order valence-electron chi connectivity index (χ0n) is 17.7. The van der Waals surface area contributed by atoms with Crippen molar-refractivity contribution in [1.29, 1.82) is 0 Å². The number of nitrogens with one attached hydrogen (secondary N) is 1. The molecule has 0 saturated carbocycles. The predicted octanol–water partition coefficient (Wildman–Crippen LogP) is 4.01. The maximum Gasteiger partial charge on any atom is 0.264 e. The molecule has 3 aromatic heterocycles. The Morgan fingerprint density at radius 3 is 2.82 bits per heavy atom. The van der Waals surface area contributed by atoms with Crippen LogP contribution in [0.4, 0.5) is 18.3 Å². The molecule has 0 aliphatic carbocycles. The first-order valence-corrected chi connectivity index (χ1v) is 11.3. The number of pyridine rings is 1. The minimum absolute atomic E-state index is 0.000800. The second-order valence-corrected chi connectivity index (χ2v) is 8.50. The molecule has 176 valence electrons. The topological polar surface area (TPSA) is 84.7 Å². The van der Waals surface area contributed by atoms with E-state index >= 15 is 0 Å². The lowest BCUT2D eigenvalue weighted by atomic mass is 10.1. The van der Waals surface area contributed by atoms with Crippen LogP contribution in [0.15, 0.2) is 41.9 Å². The number of ether oxygens (including phenoxy) is 1. The van der Waals surface area contributed by atoms with Gasteiger partial charge in [-0.1, -0.05) is 0 Å². The molecule has 8 nitrogen and oxygen atoms in total. The smallest absolute Gasteiger partial charge is 0.264 e. The van der Waals surface area contributed by atoms with Gasteiger partial charge in [-0.25, -0.2) is 27.7 Å². The average Bonchev–Trinajstić information content (AvgIpc) is 3.46. The summed E-state index contributed by atoms with van der Waals surface area (Å²) in [5, 5.41) is 9.31. The van der Waals surface area contributed by atoms with Crippen molar-refractivity contribution in [2.24, 2.45) is 0 Å². The molecule has 1 aliphatic heterocycles. The number of fused-ring (bicyclic) bond motifs is 1. The van der Waals surface area contributed by atoms with Crippen molar-refractivity contribution in [2.45, 2.75) is 13.0 Å². The third kappa shape index (κ3) is 4.65. The normalized spacial score (nSPS) is 14.7. The molecule has 1 saturated heterocycles. The number of alkyl halides is 2. The Labute approximate surface area is 196 Å². The van der Waals surface area contributed by atoms with E-state index in [4.69, 9.17) is 4.74 Å². The molecular formula is C22H19F3N6O2S. The summed E-state index contributed by atoms with van der Waals surface area (Å²) in [6, 6.07) is 6.19. The Bertz CT molecular complexity index is 1340. The zero-order valence-corrected chi connectivity index (χ0v) is 18.6. The highest BCUT2D eigenvalue weighted by atomic mass is 32.1. The van der Waals surface area contributed by atoms with Crippen molar-refractivity contribution < 1.29 is 22.7 Å². The first-order valence-electron chi connectivity index (χ1n) is 10.5. The summed E-state index contributed by atoms with van der Waals surface area (Å²) >= 11 is 1.31. The molecule has 0 spiro atoms. The summed E-state index contributed by atoms with van der Waals surface area (Å²) in [5.41, 5.74) is 0.717. The molecule has 1 fully saturated rings. The Morgan fingerprint density at radius 1 is 1.21 bits per heavy atom. The number of aromatic nitrogens is 4. The Kier molecular flexibility index (Phi) is 6.26. The van der Waals surface area contributed by atoms with Gasteiger partial charge in [0.1, 0.15) is 5.82 Å². The summed E-state index contributed by atoms with van der Waals surface area (Å²) in [7, 11) is 0. The fourth-order valence-electron chi connectivity index (χ4n) is 3.71. The molecule has 0 bridgehead atoms. The summed E-state index contributed by atoms with van der Waals surface area (Å²) in [6.07, 6.45) is -1.35. The molecule has 1 amide bonds. The number of halogens is 3. The number of benzene rings is 1. The number of hydrogen-bond donors (Lipinski definition) is 1. The summed E-state index contributed by atoms with van der Waals surface area (Å²) in [5.74, 6) is -1.26. The van der Waals surface area contributed by atoms with E-state index in [1.807, 2.05) is 5.38 Å². The number of carbonyl (C=O) groups excluding carboxylic acids is 1. The van der Waals surface area contributed by atoms with Crippen molar-refractivity contribution in [3.8, 4) is 11.4 Å². The van der Waals surface area contributed by atoms with Crippen LogP contribution in [0, 0.1) is 5.82 Å². The van der Waals surface area contributed by atoms with Gasteiger partial charge in [-0.05, 0) is 30.3 Å². The Hall–Kier alpha value is -3.35. The van der Waals surface area contributed by atoms with Gasteiger partial charge in [-0.15, -0.1) is 16.4 Å². The van der Waals surface area contributed by atoms with Crippen molar-refractivity contribution in [3.63, 3.8) is 0 Å². The van der Waals surface area contributed by atoms with Gasteiger partial charge in [0.2, 0.25) is 0 Å². The third-order valence-corrected chi connectivity index (χ3v) is 6.16. The number of anilines is 1. The lowest BCUT2D eigenvalue weighted by molar-refractivity contribution is 0.0337. The molecular weight excluding hydrogens is 469 g/mol. The molecule has 1 aliphatic rings. The van der Waals surface area contributed by atoms with Crippen LogP contribution in [0.5, 0.6) is 0 Å². The van der Waals surface area contributed by atoms with E-state index in [1.165, 1.54) is 21.9 Å². The van der Waals surface area contributed by atoms with Crippen molar-refractivity contribution in [2.75, 3.05) is 31.6 Å². The number of nitrogens with zero attached hydrogens (tertiary/aromatic N) is 5. The lowest BCUT2D eigenvalue weighted by Crippen LogP contribution is -2.35. The van der Waals surface area contributed by atoms with E-state index in [1.54, 1.807) is 18.3 Å². The highest BCUT2D eigenvalue weighted by Crippen LogP contribution is 2.30. The van der Waals surface area contributed by atoms with E-state index < -0.39 is 23.7 Å². The minimum Gasteiger partial charge on any atom is -0.379 e. The van der Waals surface area contributed by atoms with Crippen molar-refractivity contribution in [3.05, 3.63) is 64.5 Å². The van der Waals surface area contributed by atoms with E-state index in [2.05, 4.69) is 25.3 Å². The Balaban J connectivity index is 1.38. The molecule has 34 heavy (non-hydrogen) atoms. The highest BCUT2D eigenvalue weighted by Gasteiger charge is 2.21. The van der Waals surface area contributed by atoms with E-state index in [-0.39, 0.29) is 22.6 Å². The monoisotopic (exact) mass is 488 g/mol.